The maximum Gasteiger partial charge on any atom is 0.233 e. The molecule has 1 amide bonds. The quantitative estimate of drug-likeness (QED) is 0.633. The Morgan fingerprint density at radius 1 is 1.26 bits per heavy atom. The molecule has 2 atom stereocenters. The van der Waals surface area contributed by atoms with E-state index in [0.717, 1.165) is 34.9 Å². The number of hydrogen-bond donors (Lipinski definition) is 1. The number of rotatable bonds is 6. The Bertz CT molecular complexity index is 803. The molecule has 1 aliphatic heterocycles. The summed E-state index contributed by atoms with van der Waals surface area (Å²) >= 11 is 4.92. The second kappa shape index (κ2) is 9.06. The predicted molar refractivity (Wildman–Crippen MR) is 109 cm³/mol. The van der Waals surface area contributed by atoms with Gasteiger partial charge in [-0.1, -0.05) is 15.9 Å². The van der Waals surface area contributed by atoms with Gasteiger partial charge in [0.25, 0.3) is 0 Å². The van der Waals surface area contributed by atoms with Gasteiger partial charge >= 0.3 is 0 Å². The van der Waals surface area contributed by atoms with Gasteiger partial charge in [0.2, 0.25) is 5.91 Å². The minimum atomic E-state index is -0.834. The number of thioether (sulfide) groups is 1. The molecule has 0 saturated carbocycles. The molecule has 1 saturated heterocycles. The van der Waals surface area contributed by atoms with E-state index in [9.17, 15) is 13.6 Å². The van der Waals surface area contributed by atoms with Crippen molar-refractivity contribution in [3.05, 3.63) is 58.6 Å². The fraction of sp³-hybridized carbons (Fsp3) is 0.350. The van der Waals surface area contributed by atoms with E-state index in [1.165, 1.54) is 17.8 Å². The standard InChI is InChI=1S/C20H21BrF2N2OS/c1-13(27-17-5-2-15(21)3-6-17)20(26)24-11-14-8-9-25(12-14)16-4-7-18(22)19(23)10-16/h2-7,10,13-14H,8-9,11-12H2,1H3,(H,24,26). The fourth-order valence-corrected chi connectivity index (χ4v) is 4.23. The van der Waals surface area contributed by atoms with Crippen molar-refractivity contribution in [2.24, 2.45) is 5.92 Å². The lowest BCUT2D eigenvalue weighted by atomic mass is 10.1. The molecule has 0 spiro atoms. The Morgan fingerprint density at radius 3 is 2.70 bits per heavy atom. The Hall–Kier alpha value is -1.60. The number of nitrogens with one attached hydrogen (secondary N) is 1. The van der Waals surface area contributed by atoms with E-state index < -0.39 is 11.6 Å². The van der Waals surface area contributed by atoms with Crippen LogP contribution in [-0.2, 0) is 4.79 Å². The Labute approximate surface area is 170 Å². The first kappa shape index (κ1) is 20.1. The van der Waals surface area contributed by atoms with Gasteiger partial charge in [0.1, 0.15) is 0 Å². The number of benzene rings is 2. The van der Waals surface area contributed by atoms with Crippen molar-refractivity contribution in [2.45, 2.75) is 23.5 Å². The lowest BCUT2D eigenvalue weighted by Gasteiger charge is -2.19. The van der Waals surface area contributed by atoms with E-state index in [0.29, 0.717) is 18.2 Å². The molecule has 3 rings (SSSR count). The second-order valence-electron chi connectivity index (χ2n) is 6.66. The summed E-state index contributed by atoms with van der Waals surface area (Å²) in [6.45, 7) is 3.98. The number of amides is 1. The highest BCUT2D eigenvalue weighted by Crippen LogP contribution is 2.26. The summed E-state index contributed by atoms with van der Waals surface area (Å²) in [5.41, 5.74) is 0.682. The van der Waals surface area contributed by atoms with Gasteiger partial charge in [-0.2, -0.15) is 0 Å². The van der Waals surface area contributed by atoms with Gasteiger partial charge in [0, 0.05) is 40.8 Å². The molecule has 0 aromatic heterocycles. The van der Waals surface area contributed by atoms with E-state index in [-0.39, 0.29) is 11.2 Å². The molecule has 2 aromatic rings. The molecule has 0 aliphatic carbocycles. The molecule has 2 unspecified atom stereocenters. The third kappa shape index (κ3) is 5.45. The predicted octanol–water partition coefficient (Wildman–Crippen LogP) is 4.85. The van der Waals surface area contributed by atoms with Crippen LogP contribution in [0.4, 0.5) is 14.5 Å². The summed E-state index contributed by atoms with van der Waals surface area (Å²) in [5.74, 6) is -1.36. The zero-order chi connectivity index (χ0) is 19.4. The third-order valence-corrected chi connectivity index (χ3v) is 6.26. The van der Waals surface area contributed by atoms with Crippen LogP contribution in [0.2, 0.25) is 0 Å². The van der Waals surface area contributed by atoms with Crippen molar-refractivity contribution in [2.75, 3.05) is 24.5 Å². The maximum absolute atomic E-state index is 13.4. The van der Waals surface area contributed by atoms with Crippen LogP contribution in [0.15, 0.2) is 51.8 Å². The molecule has 7 heteroatoms. The Balaban J connectivity index is 1.46. The molecule has 27 heavy (non-hydrogen) atoms. The van der Waals surface area contributed by atoms with Gasteiger partial charge in [-0.15, -0.1) is 11.8 Å². The highest BCUT2D eigenvalue weighted by Gasteiger charge is 2.24. The largest absolute Gasteiger partial charge is 0.371 e. The number of halogens is 3. The number of hydrogen-bond acceptors (Lipinski definition) is 3. The van der Waals surface area contributed by atoms with Gasteiger partial charge in [0.05, 0.1) is 5.25 Å². The van der Waals surface area contributed by atoms with Crippen LogP contribution < -0.4 is 10.2 Å². The highest BCUT2D eigenvalue weighted by atomic mass is 79.9. The molecular formula is C20H21BrF2N2OS. The maximum atomic E-state index is 13.4. The van der Waals surface area contributed by atoms with Crippen molar-refractivity contribution in [3.8, 4) is 0 Å². The Morgan fingerprint density at radius 2 is 2.00 bits per heavy atom. The minimum absolute atomic E-state index is 0.00851. The van der Waals surface area contributed by atoms with Crippen molar-refractivity contribution in [3.63, 3.8) is 0 Å². The minimum Gasteiger partial charge on any atom is -0.371 e. The van der Waals surface area contributed by atoms with E-state index in [1.54, 1.807) is 6.07 Å². The van der Waals surface area contributed by atoms with Crippen LogP contribution in [0, 0.1) is 17.6 Å². The molecule has 0 radical (unpaired) electrons. The highest BCUT2D eigenvalue weighted by molar-refractivity contribution is 9.10. The van der Waals surface area contributed by atoms with Crippen LogP contribution in [-0.4, -0.2) is 30.8 Å². The van der Waals surface area contributed by atoms with E-state index in [1.807, 2.05) is 36.1 Å². The van der Waals surface area contributed by atoms with Gasteiger partial charge in [-0.3, -0.25) is 4.79 Å². The molecule has 144 valence electrons. The van der Waals surface area contributed by atoms with Crippen molar-refractivity contribution in [1.29, 1.82) is 0 Å². The van der Waals surface area contributed by atoms with Crippen LogP contribution in [0.25, 0.3) is 0 Å². The smallest absolute Gasteiger partial charge is 0.233 e. The van der Waals surface area contributed by atoms with Gasteiger partial charge in [-0.05, 0) is 55.7 Å². The summed E-state index contributed by atoms with van der Waals surface area (Å²) < 4.78 is 27.5. The van der Waals surface area contributed by atoms with Crippen LogP contribution >= 0.6 is 27.7 Å². The third-order valence-electron chi connectivity index (χ3n) is 4.61. The van der Waals surface area contributed by atoms with Gasteiger partial charge < -0.3 is 10.2 Å². The SMILES string of the molecule is CC(Sc1ccc(Br)cc1)C(=O)NCC1CCN(c2ccc(F)c(F)c2)C1. The normalized spacial score (nSPS) is 17.8. The van der Waals surface area contributed by atoms with E-state index in [2.05, 4.69) is 21.2 Å². The average molecular weight is 455 g/mol. The van der Waals surface area contributed by atoms with E-state index >= 15 is 0 Å². The summed E-state index contributed by atoms with van der Waals surface area (Å²) in [6.07, 6.45) is 0.910. The molecule has 3 nitrogen and oxygen atoms in total. The first-order chi connectivity index (χ1) is 12.9. The lowest BCUT2D eigenvalue weighted by Crippen LogP contribution is -2.35. The summed E-state index contributed by atoms with van der Waals surface area (Å²) in [7, 11) is 0. The zero-order valence-corrected chi connectivity index (χ0v) is 17.3. The summed E-state index contributed by atoms with van der Waals surface area (Å²) in [4.78, 5) is 15.4. The summed E-state index contributed by atoms with van der Waals surface area (Å²) in [6, 6.07) is 11.9. The summed E-state index contributed by atoms with van der Waals surface area (Å²) in [5, 5.41) is 2.83. The van der Waals surface area contributed by atoms with Crippen LogP contribution in [0.5, 0.6) is 0 Å². The van der Waals surface area contributed by atoms with Gasteiger partial charge in [-0.25, -0.2) is 8.78 Å². The molecule has 1 N–H and O–H groups in total. The molecular weight excluding hydrogens is 434 g/mol. The average Bonchev–Trinajstić information content (AvgIpc) is 3.13. The number of anilines is 1. The first-order valence-electron chi connectivity index (χ1n) is 8.82. The first-order valence-corrected chi connectivity index (χ1v) is 10.5. The van der Waals surface area contributed by atoms with E-state index in [4.69, 9.17) is 0 Å². The van der Waals surface area contributed by atoms with Crippen molar-refractivity contribution < 1.29 is 13.6 Å². The number of nitrogens with zero attached hydrogens (tertiary/aromatic N) is 1. The lowest BCUT2D eigenvalue weighted by molar-refractivity contribution is -0.120. The molecule has 0 bridgehead atoms. The van der Waals surface area contributed by atoms with Crippen molar-refractivity contribution >= 4 is 39.3 Å². The van der Waals surface area contributed by atoms with Gasteiger partial charge in [0.15, 0.2) is 11.6 Å². The zero-order valence-electron chi connectivity index (χ0n) is 14.9. The number of carbonyl (C=O) groups is 1. The van der Waals surface area contributed by atoms with Crippen LogP contribution in [0.3, 0.4) is 0 Å². The molecule has 1 heterocycles. The van der Waals surface area contributed by atoms with Crippen LogP contribution in [0.1, 0.15) is 13.3 Å². The molecule has 1 aliphatic rings. The monoisotopic (exact) mass is 454 g/mol. The Kier molecular flexibility index (Phi) is 6.76. The molecule has 1 fully saturated rings. The molecule has 2 aromatic carbocycles. The van der Waals surface area contributed by atoms with Crippen molar-refractivity contribution in [1.82, 2.24) is 5.32 Å². The fourth-order valence-electron chi connectivity index (χ4n) is 3.07. The number of carbonyl (C=O) groups excluding carboxylic acids is 1. The topological polar surface area (TPSA) is 32.3 Å². The second-order valence-corrected chi connectivity index (χ2v) is 8.99.